The molecule has 2 aliphatic carbocycles. The highest BCUT2D eigenvalue weighted by atomic mass is 35.5. The largest absolute Gasteiger partial charge is 0.491 e. The van der Waals surface area contributed by atoms with E-state index >= 15 is 0 Å². The summed E-state index contributed by atoms with van der Waals surface area (Å²) in [4.78, 5) is 26.8. The van der Waals surface area contributed by atoms with E-state index in [1.54, 1.807) is 12.1 Å². The predicted octanol–water partition coefficient (Wildman–Crippen LogP) is 5.97. The lowest BCUT2D eigenvalue weighted by molar-refractivity contribution is -0.111. The minimum absolute atomic E-state index is 0.0161. The van der Waals surface area contributed by atoms with E-state index in [4.69, 9.17) is 16.3 Å². The minimum Gasteiger partial charge on any atom is -0.491 e. The molecule has 4 unspecified atom stereocenters. The number of amides is 1. The summed E-state index contributed by atoms with van der Waals surface area (Å²) < 4.78 is 20.0. The molecule has 10 heteroatoms. The number of hydrogen-bond donors (Lipinski definition) is 2. The summed E-state index contributed by atoms with van der Waals surface area (Å²) in [7, 11) is 2.18. The number of carbonyl (C=O) groups excluding carboxylic acids is 1. The molecule has 4 aliphatic rings. The molecule has 2 aromatic carbocycles. The van der Waals surface area contributed by atoms with Crippen LogP contribution in [0.25, 0.3) is 10.9 Å². The number of piperidine rings is 1. The van der Waals surface area contributed by atoms with Crippen molar-refractivity contribution in [2.45, 2.75) is 25.7 Å². The zero-order valence-corrected chi connectivity index (χ0v) is 25.2. The van der Waals surface area contributed by atoms with Gasteiger partial charge in [0.1, 0.15) is 23.7 Å². The van der Waals surface area contributed by atoms with Crippen LogP contribution in [0.1, 0.15) is 25.7 Å². The monoisotopic (exact) mass is 604 g/mol. The van der Waals surface area contributed by atoms with Crippen molar-refractivity contribution in [2.24, 2.45) is 29.6 Å². The maximum absolute atomic E-state index is 13.7. The minimum atomic E-state index is -0.492. The lowest BCUT2D eigenvalue weighted by Crippen LogP contribution is -2.22. The molecule has 1 amide bonds. The van der Waals surface area contributed by atoms with Gasteiger partial charge in [0, 0.05) is 55.9 Å². The number of nitrogens with zero attached hydrogens (tertiary/aromatic N) is 4. The molecular formula is C33H38ClFN6O2. The fraction of sp³-hybridized carbons (Fsp3) is 0.485. The van der Waals surface area contributed by atoms with Crippen LogP contribution in [0, 0.1) is 35.4 Å². The Hall–Kier alpha value is -3.27. The molecule has 2 N–H and O–H groups in total. The second-order valence-corrected chi connectivity index (χ2v) is 13.2. The van der Waals surface area contributed by atoms with Gasteiger partial charge < -0.3 is 20.3 Å². The molecule has 2 saturated heterocycles. The topological polar surface area (TPSA) is 82.6 Å². The molecule has 4 atom stereocenters. The summed E-state index contributed by atoms with van der Waals surface area (Å²) >= 11 is 6.00. The Kier molecular flexibility index (Phi) is 7.97. The first-order valence-electron chi connectivity index (χ1n) is 15.4. The number of likely N-dealkylation sites (tertiary alicyclic amines) is 2. The Balaban J connectivity index is 1.08. The molecule has 0 radical (unpaired) electrons. The number of aromatic nitrogens is 2. The van der Waals surface area contributed by atoms with Gasteiger partial charge in [0.2, 0.25) is 5.91 Å². The van der Waals surface area contributed by atoms with Crippen LogP contribution in [-0.2, 0) is 4.79 Å². The third kappa shape index (κ3) is 6.21. The summed E-state index contributed by atoms with van der Waals surface area (Å²) in [6.45, 7) is 5.96. The number of halogens is 2. The molecule has 0 spiro atoms. The Morgan fingerprint density at radius 3 is 2.67 bits per heavy atom. The highest BCUT2D eigenvalue weighted by Crippen LogP contribution is 2.53. The summed E-state index contributed by atoms with van der Waals surface area (Å²) in [6.07, 6.45) is 10.1. The van der Waals surface area contributed by atoms with E-state index in [0.29, 0.717) is 46.4 Å². The van der Waals surface area contributed by atoms with Crippen LogP contribution in [0.2, 0.25) is 5.02 Å². The Morgan fingerprint density at radius 1 is 1.12 bits per heavy atom. The molecule has 0 bridgehead atoms. The summed E-state index contributed by atoms with van der Waals surface area (Å²) in [5.74, 6) is 4.33. The van der Waals surface area contributed by atoms with Gasteiger partial charge in [0.05, 0.1) is 22.8 Å². The highest BCUT2D eigenvalue weighted by molar-refractivity contribution is 6.31. The number of rotatable bonds is 10. The van der Waals surface area contributed by atoms with Gasteiger partial charge in [0.25, 0.3) is 0 Å². The second-order valence-electron chi connectivity index (χ2n) is 12.8. The van der Waals surface area contributed by atoms with Gasteiger partial charge in [-0.15, -0.1) is 0 Å². The number of carbonyl (C=O) groups is 1. The number of fused-ring (bicyclic) bond motifs is 3. The molecular weight excluding hydrogens is 567 g/mol. The average molecular weight is 605 g/mol. The summed E-state index contributed by atoms with van der Waals surface area (Å²) in [6, 6.07) is 8.10. The molecule has 2 aliphatic heterocycles. The van der Waals surface area contributed by atoms with Gasteiger partial charge in [0.15, 0.2) is 0 Å². The van der Waals surface area contributed by atoms with E-state index in [-0.39, 0.29) is 10.9 Å². The van der Waals surface area contributed by atoms with Crippen LogP contribution in [0.5, 0.6) is 5.75 Å². The molecule has 4 fully saturated rings. The zero-order chi connectivity index (χ0) is 29.5. The first-order valence-corrected chi connectivity index (χ1v) is 15.8. The van der Waals surface area contributed by atoms with E-state index in [1.165, 1.54) is 50.8 Å². The molecule has 2 saturated carbocycles. The normalized spacial score (nSPS) is 26.6. The van der Waals surface area contributed by atoms with Crippen LogP contribution < -0.4 is 15.4 Å². The van der Waals surface area contributed by atoms with Crippen LogP contribution in [0.15, 0.2) is 48.8 Å². The Labute approximate surface area is 256 Å². The van der Waals surface area contributed by atoms with E-state index in [2.05, 4.69) is 37.4 Å². The zero-order valence-electron chi connectivity index (χ0n) is 24.4. The fourth-order valence-electron chi connectivity index (χ4n) is 7.67. The van der Waals surface area contributed by atoms with Gasteiger partial charge in [-0.2, -0.15) is 0 Å². The van der Waals surface area contributed by atoms with E-state index < -0.39 is 5.82 Å². The molecule has 3 heterocycles. The van der Waals surface area contributed by atoms with Crippen molar-refractivity contribution < 1.29 is 13.9 Å². The van der Waals surface area contributed by atoms with Gasteiger partial charge in [-0.05, 0) is 80.2 Å². The van der Waals surface area contributed by atoms with Crippen molar-refractivity contribution in [1.29, 1.82) is 0 Å². The van der Waals surface area contributed by atoms with Gasteiger partial charge in [-0.25, -0.2) is 14.4 Å². The van der Waals surface area contributed by atoms with Crippen molar-refractivity contribution in [3.8, 4) is 5.75 Å². The lowest BCUT2D eigenvalue weighted by Gasteiger charge is -2.16. The number of nitrogens with one attached hydrogen (secondary N) is 2. The standard InChI is InChI=1S/C33H38ClFN6O2/c1-40-17-25-23(26(25)18-40)9-11-43-31-14-29-24(33(37-19-36-29)38-22-7-8-28(35)27(34)12-22)13-30(31)39-32(42)6-3-10-41-15-20-4-2-5-21(20)16-41/h3,6-8,12-14,19-21,23,25-26H,2,4-5,9-11,15-18H2,1H3,(H,39,42)(H,36,37,38)/b6-3+. The van der Waals surface area contributed by atoms with Crippen LogP contribution >= 0.6 is 11.6 Å². The molecule has 43 heavy (non-hydrogen) atoms. The number of anilines is 3. The quantitative estimate of drug-likeness (QED) is 0.276. The first-order chi connectivity index (χ1) is 20.9. The number of ether oxygens (including phenoxy) is 1. The van der Waals surface area contributed by atoms with Crippen molar-refractivity contribution in [3.63, 3.8) is 0 Å². The smallest absolute Gasteiger partial charge is 0.248 e. The van der Waals surface area contributed by atoms with Crippen molar-refractivity contribution in [2.75, 3.05) is 57.0 Å². The first kappa shape index (κ1) is 28.5. The van der Waals surface area contributed by atoms with Gasteiger partial charge in [-0.1, -0.05) is 24.1 Å². The van der Waals surface area contributed by atoms with Gasteiger partial charge in [-0.3, -0.25) is 9.69 Å². The lowest BCUT2D eigenvalue weighted by atomic mass is 10.0. The number of benzene rings is 2. The maximum Gasteiger partial charge on any atom is 0.248 e. The maximum atomic E-state index is 13.7. The number of hydrogen-bond acceptors (Lipinski definition) is 7. The van der Waals surface area contributed by atoms with Crippen LogP contribution in [0.3, 0.4) is 0 Å². The third-order valence-corrected chi connectivity index (χ3v) is 10.2. The van der Waals surface area contributed by atoms with E-state index in [9.17, 15) is 9.18 Å². The van der Waals surface area contributed by atoms with Gasteiger partial charge >= 0.3 is 0 Å². The summed E-state index contributed by atoms with van der Waals surface area (Å²) in [5, 5.41) is 6.96. The van der Waals surface area contributed by atoms with Crippen molar-refractivity contribution in [3.05, 3.63) is 59.7 Å². The Bertz CT molecular complexity index is 1530. The van der Waals surface area contributed by atoms with E-state index in [1.807, 2.05) is 18.2 Å². The average Bonchev–Trinajstić information content (AvgIpc) is 3.35. The molecule has 7 rings (SSSR count). The van der Waals surface area contributed by atoms with Crippen molar-refractivity contribution in [1.82, 2.24) is 19.8 Å². The highest BCUT2D eigenvalue weighted by Gasteiger charge is 2.53. The van der Waals surface area contributed by atoms with E-state index in [0.717, 1.165) is 49.7 Å². The summed E-state index contributed by atoms with van der Waals surface area (Å²) in [5.41, 5.74) is 1.81. The predicted molar refractivity (Wildman–Crippen MR) is 167 cm³/mol. The molecule has 226 valence electrons. The second kappa shape index (κ2) is 12.0. The molecule has 8 nitrogen and oxygen atoms in total. The molecule has 1 aromatic heterocycles. The SMILES string of the molecule is CN1CC2C(CCOc3cc4ncnc(Nc5ccc(F)c(Cl)c5)c4cc3NC(=O)/C=C/CN3CC4CCCC4C3)C2C1. The van der Waals surface area contributed by atoms with Crippen LogP contribution in [0.4, 0.5) is 21.6 Å². The Morgan fingerprint density at radius 2 is 1.91 bits per heavy atom. The third-order valence-electron chi connectivity index (χ3n) is 9.87. The van der Waals surface area contributed by atoms with Crippen molar-refractivity contribution >= 4 is 45.6 Å². The fourth-order valence-corrected chi connectivity index (χ4v) is 7.85. The molecule has 3 aromatic rings. The van der Waals surface area contributed by atoms with Crippen LogP contribution in [-0.4, -0.2) is 72.1 Å².